The maximum absolute atomic E-state index is 13.5. The third kappa shape index (κ3) is 6.49. The van der Waals surface area contributed by atoms with Gasteiger partial charge in [0.1, 0.15) is 17.0 Å². The lowest BCUT2D eigenvalue weighted by molar-refractivity contribution is 0.0908. The number of ether oxygens (including phenoxy) is 5. The molecular formula is C22H31N7O7S. The Labute approximate surface area is 215 Å². The molecule has 0 unspecified atom stereocenters. The second kappa shape index (κ2) is 12.7. The highest BCUT2D eigenvalue weighted by Gasteiger charge is 2.34. The highest BCUT2D eigenvalue weighted by molar-refractivity contribution is 7.93. The normalized spacial score (nSPS) is 13.4. The quantitative estimate of drug-likeness (QED) is 0.316. The molecule has 0 saturated heterocycles. The molecule has 0 saturated carbocycles. The molecule has 0 aromatic carbocycles. The van der Waals surface area contributed by atoms with Gasteiger partial charge >= 0.3 is 0 Å². The lowest BCUT2D eigenvalue weighted by Gasteiger charge is -2.24. The van der Waals surface area contributed by atoms with E-state index in [-0.39, 0.29) is 19.2 Å². The third-order valence-corrected chi connectivity index (χ3v) is 7.19. The molecule has 15 heteroatoms. The molecule has 0 radical (unpaired) electrons. The van der Waals surface area contributed by atoms with Crippen LogP contribution < -0.4 is 14.2 Å². The van der Waals surface area contributed by atoms with Crippen molar-refractivity contribution in [2.75, 3.05) is 53.5 Å². The van der Waals surface area contributed by atoms with Gasteiger partial charge in [0.15, 0.2) is 5.82 Å². The summed E-state index contributed by atoms with van der Waals surface area (Å²) in [6, 6.07) is 4.66. The van der Waals surface area contributed by atoms with E-state index in [2.05, 4.69) is 29.9 Å². The molecule has 3 aromatic heterocycles. The molecule has 0 aliphatic rings. The molecule has 0 fully saturated rings. The molecule has 202 valence electrons. The first-order chi connectivity index (χ1) is 17.8. The summed E-state index contributed by atoms with van der Waals surface area (Å²) in [6.45, 7) is 1.87. The van der Waals surface area contributed by atoms with Crippen LogP contribution in [0.5, 0.6) is 11.8 Å². The summed E-state index contributed by atoms with van der Waals surface area (Å²) >= 11 is 0. The van der Waals surface area contributed by atoms with Gasteiger partial charge in [0.25, 0.3) is 0 Å². The number of nitrogens with zero attached hydrogens (tertiary/aromatic N) is 6. The van der Waals surface area contributed by atoms with Gasteiger partial charge in [0.2, 0.25) is 27.7 Å². The van der Waals surface area contributed by atoms with Gasteiger partial charge in [-0.15, -0.1) is 10.2 Å². The van der Waals surface area contributed by atoms with Crippen LogP contribution in [0.1, 0.15) is 24.8 Å². The zero-order valence-electron chi connectivity index (χ0n) is 21.5. The number of sulfonamides is 1. The first-order valence-electron chi connectivity index (χ1n) is 11.1. The van der Waals surface area contributed by atoms with Gasteiger partial charge < -0.3 is 23.7 Å². The van der Waals surface area contributed by atoms with Gasteiger partial charge in [-0.05, 0) is 13.0 Å². The number of methoxy groups -OCH3 is 5. The number of rotatable bonds is 14. The van der Waals surface area contributed by atoms with E-state index in [9.17, 15) is 8.42 Å². The predicted molar refractivity (Wildman–Crippen MR) is 133 cm³/mol. The van der Waals surface area contributed by atoms with Crippen LogP contribution in [0.3, 0.4) is 0 Å². The van der Waals surface area contributed by atoms with E-state index >= 15 is 0 Å². The molecule has 0 amide bonds. The summed E-state index contributed by atoms with van der Waals surface area (Å²) in [5.74, 6) is 0.914. The number of hydrogen-bond acceptors (Lipinski definition) is 12. The third-order valence-electron chi connectivity index (χ3n) is 5.49. The van der Waals surface area contributed by atoms with Crippen LogP contribution >= 0.6 is 0 Å². The van der Waals surface area contributed by atoms with Crippen molar-refractivity contribution in [3.8, 4) is 23.3 Å². The van der Waals surface area contributed by atoms with E-state index in [0.717, 1.165) is 0 Å². The summed E-state index contributed by atoms with van der Waals surface area (Å²) in [6.07, 6.45) is 1.86. The average molecular weight is 538 g/mol. The van der Waals surface area contributed by atoms with Crippen molar-refractivity contribution < 1.29 is 32.1 Å². The molecule has 3 rings (SSSR count). The summed E-state index contributed by atoms with van der Waals surface area (Å²) in [5, 5.41) is 7.26. The van der Waals surface area contributed by atoms with Crippen molar-refractivity contribution in [3.05, 3.63) is 36.3 Å². The fourth-order valence-corrected chi connectivity index (χ4v) is 4.79. The van der Waals surface area contributed by atoms with Crippen LogP contribution in [0.2, 0.25) is 0 Å². The van der Waals surface area contributed by atoms with Gasteiger partial charge in [0, 0.05) is 27.4 Å². The smallest absolute Gasteiger partial charge is 0.240 e. The molecule has 3 heterocycles. The second-order valence-electron chi connectivity index (χ2n) is 7.84. The van der Waals surface area contributed by atoms with E-state index in [1.165, 1.54) is 54.9 Å². The van der Waals surface area contributed by atoms with E-state index < -0.39 is 27.4 Å². The Bertz CT molecular complexity index is 1250. The van der Waals surface area contributed by atoms with Crippen molar-refractivity contribution in [1.29, 1.82) is 0 Å². The molecule has 14 nitrogen and oxygen atoms in total. The van der Waals surface area contributed by atoms with Gasteiger partial charge in [0.05, 0.1) is 51.6 Å². The monoisotopic (exact) mass is 537 g/mol. The SMILES string of the molecule is COCC(COC)n1c(NS(=O)(=O)[C@@H](C)[C@H](OC)c2cnc(OC)cn2)nnc1-c1cccc(OC)n1. The Kier molecular flexibility index (Phi) is 9.68. The molecule has 0 aliphatic carbocycles. The first-order valence-corrected chi connectivity index (χ1v) is 12.7. The van der Waals surface area contributed by atoms with Crippen LogP contribution in [0.25, 0.3) is 11.5 Å². The Balaban J connectivity index is 2.01. The highest BCUT2D eigenvalue weighted by atomic mass is 32.2. The summed E-state index contributed by atoms with van der Waals surface area (Å²) in [4.78, 5) is 12.7. The summed E-state index contributed by atoms with van der Waals surface area (Å²) < 4.78 is 57.5. The Morgan fingerprint density at radius 2 is 1.65 bits per heavy atom. The number of hydrogen-bond donors (Lipinski definition) is 1. The number of nitrogens with one attached hydrogen (secondary N) is 1. The van der Waals surface area contributed by atoms with Crippen molar-refractivity contribution in [2.24, 2.45) is 0 Å². The molecule has 3 aromatic rings. The minimum Gasteiger partial charge on any atom is -0.481 e. The van der Waals surface area contributed by atoms with Crippen LogP contribution in [0.15, 0.2) is 30.6 Å². The van der Waals surface area contributed by atoms with E-state index in [1.54, 1.807) is 22.8 Å². The fraction of sp³-hybridized carbons (Fsp3) is 0.500. The van der Waals surface area contributed by atoms with Crippen LogP contribution in [0.4, 0.5) is 5.95 Å². The topological polar surface area (TPSA) is 162 Å². The molecular weight excluding hydrogens is 506 g/mol. The lowest BCUT2D eigenvalue weighted by Crippen LogP contribution is -2.34. The number of pyridine rings is 1. The van der Waals surface area contributed by atoms with Crippen molar-refractivity contribution in [2.45, 2.75) is 24.3 Å². The number of anilines is 1. The Hall–Kier alpha value is -3.40. The second-order valence-corrected chi connectivity index (χ2v) is 9.88. The van der Waals surface area contributed by atoms with E-state index in [1.807, 2.05) is 0 Å². The number of aromatic nitrogens is 6. The zero-order chi connectivity index (χ0) is 27.0. The maximum atomic E-state index is 13.5. The van der Waals surface area contributed by atoms with Gasteiger partial charge in [-0.1, -0.05) is 6.07 Å². The largest absolute Gasteiger partial charge is 0.481 e. The molecule has 2 atom stereocenters. The standard InChI is InChI=1S/C22H31N7O7S/c1-14(20(36-6)17-10-24-19(35-5)11-23-17)37(30,31)28-22-27-26-21(16-8-7-9-18(25-16)34-4)29(22)15(12-32-2)13-33-3/h7-11,14-15,20H,12-13H2,1-6H3,(H,27,28)/t14-,20-/m0/s1. The highest BCUT2D eigenvalue weighted by Crippen LogP contribution is 2.29. The summed E-state index contributed by atoms with van der Waals surface area (Å²) in [5.41, 5.74) is 0.742. The summed E-state index contributed by atoms with van der Waals surface area (Å²) in [7, 11) is 3.33. The molecule has 37 heavy (non-hydrogen) atoms. The van der Waals surface area contributed by atoms with Crippen molar-refractivity contribution in [3.63, 3.8) is 0 Å². The Morgan fingerprint density at radius 3 is 2.22 bits per heavy atom. The van der Waals surface area contributed by atoms with E-state index in [4.69, 9.17) is 23.7 Å². The first kappa shape index (κ1) is 28.2. The molecule has 0 aliphatic heterocycles. The Morgan fingerprint density at radius 1 is 0.946 bits per heavy atom. The molecule has 0 spiro atoms. The van der Waals surface area contributed by atoms with Crippen LogP contribution in [0, 0.1) is 0 Å². The minimum atomic E-state index is -4.08. The van der Waals surface area contributed by atoms with Gasteiger partial charge in [-0.3, -0.25) is 14.3 Å². The van der Waals surface area contributed by atoms with Crippen molar-refractivity contribution >= 4 is 16.0 Å². The lowest BCUT2D eigenvalue weighted by atomic mass is 10.2. The zero-order valence-corrected chi connectivity index (χ0v) is 22.3. The predicted octanol–water partition coefficient (Wildman–Crippen LogP) is 1.50. The molecule has 0 bridgehead atoms. The minimum absolute atomic E-state index is 0.0405. The van der Waals surface area contributed by atoms with E-state index in [0.29, 0.717) is 29.0 Å². The van der Waals surface area contributed by atoms with Gasteiger partial charge in [-0.25, -0.2) is 18.4 Å². The van der Waals surface area contributed by atoms with Crippen LogP contribution in [-0.2, 0) is 24.2 Å². The average Bonchev–Trinajstić information content (AvgIpc) is 3.32. The van der Waals surface area contributed by atoms with Gasteiger partial charge in [-0.2, -0.15) is 0 Å². The maximum Gasteiger partial charge on any atom is 0.240 e. The fourth-order valence-electron chi connectivity index (χ4n) is 3.63. The van der Waals surface area contributed by atoms with Crippen LogP contribution in [-0.4, -0.2) is 92.1 Å². The molecule has 1 N–H and O–H groups in total. The van der Waals surface area contributed by atoms with Crippen molar-refractivity contribution in [1.82, 2.24) is 29.7 Å².